The average Bonchev–Trinajstić information content (AvgIpc) is 2.69. The number of aryl methyl sites for hydroxylation is 1. The Bertz CT molecular complexity index is 714. The topological polar surface area (TPSA) is 12.5 Å². The number of nitrogens with zero attached hydrogens (tertiary/aromatic N) is 1. The zero-order valence-electron chi connectivity index (χ0n) is 16.0. The quantitative estimate of drug-likeness (QED) is 0.731. The van der Waals surface area contributed by atoms with Crippen molar-refractivity contribution in [3.63, 3.8) is 0 Å². The molecule has 0 atom stereocenters. The summed E-state index contributed by atoms with van der Waals surface area (Å²) >= 11 is 0. The summed E-state index contributed by atoms with van der Waals surface area (Å²) in [6, 6.07) is 16.8. The molecule has 2 aromatic rings. The first-order valence-corrected chi connectivity index (χ1v) is 9.28. The highest BCUT2D eigenvalue weighted by Gasteiger charge is 2.10. The van der Waals surface area contributed by atoms with E-state index in [1.807, 2.05) is 6.08 Å². The molecule has 0 spiro atoms. The van der Waals surface area contributed by atoms with E-state index in [0.29, 0.717) is 0 Å². The maximum absolute atomic E-state index is 5.34. The normalized spacial score (nSPS) is 13.8. The van der Waals surface area contributed by atoms with E-state index in [4.69, 9.17) is 4.74 Å². The summed E-state index contributed by atoms with van der Waals surface area (Å²) < 4.78 is 5.34. The summed E-state index contributed by atoms with van der Waals surface area (Å²) in [7, 11) is 0. The molecule has 136 valence electrons. The number of rotatable bonds is 3. The van der Waals surface area contributed by atoms with Gasteiger partial charge in [0.15, 0.2) is 0 Å². The second kappa shape index (κ2) is 11.3. The predicted molar refractivity (Wildman–Crippen MR) is 111 cm³/mol. The number of benzene rings is 2. The van der Waals surface area contributed by atoms with Crippen molar-refractivity contribution in [2.45, 2.75) is 26.8 Å². The minimum absolute atomic E-state index is 0.861. The average molecular weight is 348 g/mol. The lowest BCUT2D eigenvalue weighted by molar-refractivity contribution is 0.0342. The molecular weight excluding hydrogens is 318 g/mol. The Morgan fingerprint density at radius 3 is 2.27 bits per heavy atom. The van der Waals surface area contributed by atoms with Crippen molar-refractivity contribution in [1.82, 2.24) is 4.90 Å². The molecule has 2 heteroatoms. The fourth-order valence-electron chi connectivity index (χ4n) is 2.60. The van der Waals surface area contributed by atoms with Crippen molar-refractivity contribution >= 4 is 6.08 Å². The van der Waals surface area contributed by atoms with Crippen LogP contribution in [0.1, 0.15) is 35.6 Å². The van der Waals surface area contributed by atoms with E-state index < -0.39 is 0 Å². The van der Waals surface area contributed by atoms with Gasteiger partial charge < -0.3 is 4.74 Å². The van der Waals surface area contributed by atoms with Crippen LogP contribution >= 0.6 is 0 Å². The molecule has 0 saturated carbocycles. The Kier molecular flexibility index (Phi) is 8.69. The summed E-state index contributed by atoms with van der Waals surface area (Å²) in [6.07, 6.45) is 2.76. The van der Waals surface area contributed by atoms with Gasteiger partial charge in [0.05, 0.1) is 13.2 Å². The lowest BCUT2D eigenvalue weighted by Gasteiger charge is -2.26. The standard InChI is InChI=1S/C15H19NO.C9H10/c1-2-3-4-14-5-7-15(8-6-14)13-16-9-11-17-12-10-16;1-3-9-6-4-8(2)5-7-9/h5-8H,2,9-13H2,1H3;3-7H,1H2,2H3. The molecule has 2 aromatic carbocycles. The van der Waals surface area contributed by atoms with Gasteiger partial charge in [0.25, 0.3) is 0 Å². The van der Waals surface area contributed by atoms with Crippen LogP contribution in [0.25, 0.3) is 6.08 Å². The highest BCUT2D eigenvalue weighted by atomic mass is 16.5. The molecule has 2 nitrogen and oxygen atoms in total. The van der Waals surface area contributed by atoms with Gasteiger partial charge in [0.1, 0.15) is 0 Å². The Hall–Kier alpha value is -2.34. The molecule has 0 radical (unpaired) electrons. The molecule has 1 saturated heterocycles. The molecule has 0 N–H and O–H groups in total. The van der Waals surface area contributed by atoms with Crippen LogP contribution in [0.15, 0.2) is 55.1 Å². The molecule has 1 aliphatic rings. The van der Waals surface area contributed by atoms with Crippen LogP contribution in [-0.4, -0.2) is 31.2 Å². The summed E-state index contributed by atoms with van der Waals surface area (Å²) in [5.74, 6) is 6.23. The van der Waals surface area contributed by atoms with Crippen molar-refractivity contribution < 1.29 is 4.74 Å². The molecule has 0 aliphatic carbocycles. The molecule has 1 fully saturated rings. The van der Waals surface area contributed by atoms with Crippen molar-refractivity contribution in [1.29, 1.82) is 0 Å². The van der Waals surface area contributed by atoms with Gasteiger partial charge in [-0.15, -0.1) is 0 Å². The Morgan fingerprint density at radius 1 is 1.04 bits per heavy atom. The van der Waals surface area contributed by atoms with Crippen LogP contribution in [-0.2, 0) is 11.3 Å². The van der Waals surface area contributed by atoms with Gasteiger partial charge >= 0.3 is 0 Å². The Morgan fingerprint density at radius 2 is 1.69 bits per heavy atom. The largest absolute Gasteiger partial charge is 0.379 e. The Balaban J connectivity index is 0.000000228. The van der Waals surface area contributed by atoms with Crippen molar-refractivity contribution in [3.8, 4) is 11.8 Å². The maximum atomic E-state index is 5.34. The highest BCUT2D eigenvalue weighted by molar-refractivity contribution is 5.46. The zero-order valence-corrected chi connectivity index (χ0v) is 16.0. The lowest BCUT2D eigenvalue weighted by Crippen LogP contribution is -2.35. The van der Waals surface area contributed by atoms with Gasteiger partial charge in [-0.1, -0.05) is 73.4 Å². The van der Waals surface area contributed by atoms with E-state index >= 15 is 0 Å². The lowest BCUT2D eigenvalue weighted by atomic mass is 10.1. The fourth-order valence-corrected chi connectivity index (χ4v) is 2.60. The minimum atomic E-state index is 0.861. The van der Waals surface area contributed by atoms with E-state index in [-0.39, 0.29) is 0 Å². The van der Waals surface area contributed by atoms with Crippen LogP contribution in [0.2, 0.25) is 0 Å². The summed E-state index contributed by atoms with van der Waals surface area (Å²) in [6.45, 7) is 12.6. The zero-order chi connectivity index (χ0) is 18.6. The third kappa shape index (κ3) is 7.27. The molecule has 26 heavy (non-hydrogen) atoms. The fraction of sp³-hybridized carbons (Fsp3) is 0.333. The minimum Gasteiger partial charge on any atom is -0.379 e. The summed E-state index contributed by atoms with van der Waals surface area (Å²) in [5.41, 5.74) is 4.94. The summed E-state index contributed by atoms with van der Waals surface area (Å²) in [5, 5.41) is 0. The van der Waals surface area contributed by atoms with E-state index in [9.17, 15) is 0 Å². The molecule has 0 amide bonds. The molecule has 0 unspecified atom stereocenters. The van der Waals surface area contributed by atoms with Gasteiger partial charge in [-0.05, 0) is 30.2 Å². The van der Waals surface area contributed by atoms with Crippen molar-refractivity contribution in [2.24, 2.45) is 0 Å². The second-order valence-corrected chi connectivity index (χ2v) is 6.36. The van der Waals surface area contributed by atoms with Gasteiger partial charge in [-0.2, -0.15) is 0 Å². The first kappa shape index (κ1) is 20.0. The highest BCUT2D eigenvalue weighted by Crippen LogP contribution is 2.08. The van der Waals surface area contributed by atoms with E-state index in [2.05, 4.69) is 85.7 Å². The molecule has 1 aliphatic heterocycles. The molecule has 0 aromatic heterocycles. The second-order valence-electron chi connectivity index (χ2n) is 6.36. The molecule has 0 bridgehead atoms. The van der Waals surface area contributed by atoms with Crippen LogP contribution < -0.4 is 0 Å². The first-order valence-electron chi connectivity index (χ1n) is 9.28. The first-order chi connectivity index (χ1) is 12.7. The van der Waals surface area contributed by atoms with E-state index in [1.165, 1.54) is 16.7 Å². The van der Waals surface area contributed by atoms with Crippen molar-refractivity contribution in [3.05, 3.63) is 77.4 Å². The monoisotopic (exact) mass is 347 g/mol. The number of ether oxygens (including phenoxy) is 1. The van der Waals surface area contributed by atoms with Crippen LogP contribution in [0.5, 0.6) is 0 Å². The van der Waals surface area contributed by atoms with Crippen LogP contribution in [0.4, 0.5) is 0 Å². The number of hydrogen-bond acceptors (Lipinski definition) is 2. The Labute approximate surface area is 158 Å². The third-order valence-corrected chi connectivity index (χ3v) is 4.19. The van der Waals surface area contributed by atoms with Gasteiger partial charge in [0.2, 0.25) is 0 Å². The molecule has 1 heterocycles. The number of morpholine rings is 1. The molecular formula is C24H29NO. The number of hydrogen-bond donors (Lipinski definition) is 0. The maximum Gasteiger partial charge on any atom is 0.0594 e. The smallest absolute Gasteiger partial charge is 0.0594 e. The predicted octanol–water partition coefficient (Wildman–Crippen LogP) is 4.92. The van der Waals surface area contributed by atoms with Gasteiger partial charge in [-0.25, -0.2) is 0 Å². The summed E-state index contributed by atoms with van der Waals surface area (Å²) in [4.78, 5) is 2.43. The third-order valence-electron chi connectivity index (χ3n) is 4.19. The van der Waals surface area contributed by atoms with Crippen LogP contribution in [0.3, 0.4) is 0 Å². The van der Waals surface area contributed by atoms with Crippen LogP contribution in [0, 0.1) is 18.8 Å². The van der Waals surface area contributed by atoms with Crippen molar-refractivity contribution in [2.75, 3.05) is 26.3 Å². The van der Waals surface area contributed by atoms with E-state index in [0.717, 1.165) is 44.8 Å². The molecule has 3 rings (SSSR count). The van der Waals surface area contributed by atoms with Gasteiger partial charge in [-0.3, -0.25) is 4.90 Å². The SMILES string of the molecule is C=Cc1ccc(C)cc1.CCC#Cc1ccc(CN2CCOCC2)cc1. The van der Waals surface area contributed by atoms with Gasteiger partial charge in [0, 0.05) is 31.6 Å². The van der Waals surface area contributed by atoms with E-state index in [1.54, 1.807) is 0 Å².